The molecule has 2 bridgehead atoms. The van der Waals surface area contributed by atoms with Crippen molar-refractivity contribution in [3.63, 3.8) is 0 Å². The molecule has 40 heavy (non-hydrogen) atoms. The molecular formula is C31H37ClN2O5S. The number of nitrogens with zero attached hydrogens (tertiary/aromatic N) is 1. The standard InChI is InChI=1S/C31H37ClN2O5S/c32-23-7-9-26-20(13-23)3-1-11-31(26)17-34-16-22-5-8-24(22)29(35)25-14-19(25)4-2-12-40(37,38)33-30(36)21-6-10-28(39-18-31)27(34)15-21/h6-7,9-10,13,15,19,22,24-25,29,35H,1-5,8,11-12,14,16-18H2,(H,33,36)/t19-,22-,24+,25-,29+,31-/m0/s1. The van der Waals surface area contributed by atoms with Crippen molar-refractivity contribution >= 4 is 33.2 Å². The van der Waals surface area contributed by atoms with Crippen LogP contribution in [0, 0.1) is 23.7 Å². The lowest BCUT2D eigenvalue weighted by Gasteiger charge is -2.46. The second kappa shape index (κ2) is 9.92. The molecule has 214 valence electrons. The summed E-state index contributed by atoms with van der Waals surface area (Å²) < 4.78 is 34.3. The van der Waals surface area contributed by atoms with Crippen LogP contribution in [0.15, 0.2) is 36.4 Å². The zero-order valence-corrected chi connectivity index (χ0v) is 24.2. The summed E-state index contributed by atoms with van der Waals surface area (Å²) in [5, 5.41) is 12.1. The number of halogens is 1. The number of hydrogen-bond acceptors (Lipinski definition) is 6. The van der Waals surface area contributed by atoms with Gasteiger partial charge in [-0.2, -0.15) is 0 Å². The number of benzene rings is 2. The van der Waals surface area contributed by atoms with Crippen LogP contribution in [0.3, 0.4) is 0 Å². The summed E-state index contributed by atoms with van der Waals surface area (Å²) in [6.07, 6.45) is 6.99. The summed E-state index contributed by atoms with van der Waals surface area (Å²) in [5.74, 6) is 1.25. The first kappa shape index (κ1) is 26.6. The first-order valence-corrected chi connectivity index (χ1v) is 16.8. The molecule has 0 saturated heterocycles. The predicted octanol–water partition coefficient (Wildman–Crippen LogP) is 4.69. The van der Waals surface area contributed by atoms with Crippen LogP contribution in [0.2, 0.25) is 5.02 Å². The minimum Gasteiger partial charge on any atom is -0.490 e. The summed E-state index contributed by atoms with van der Waals surface area (Å²) in [4.78, 5) is 15.5. The van der Waals surface area contributed by atoms with Crippen molar-refractivity contribution in [2.75, 3.05) is 30.3 Å². The number of nitrogens with one attached hydrogen (secondary N) is 1. The van der Waals surface area contributed by atoms with Gasteiger partial charge in [0.15, 0.2) is 0 Å². The van der Waals surface area contributed by atoms with E-state index in [2.05, 4.69) is 21.8 Å². The van der Waals surface area contributed by atoms with Crippen molar-refractivity contribution < 1.29 is 23.1 Å². The molecule has 5 aliphatic rings. The zero-order valence-electron chi connectivity index (χ0n) is 22.6. The van der Waals surface area contributed by atoms with Gasteiger partial charge in [-0.1, -0.05) is 17.7 Å². The molecular weight excluding hydrogens is 548 g/mol. The fourth-order valence-corrected chi connectivity index (χ4v) is 9.18. The van der Waals surface area contributed by atoms with Gasteiger partial charge < -0.3 is 14.7 Å². The van der Waals surface area contributed by atoms with E-state index in [1.165, 1.54) is 11.1 Å². The van der Waals surface area contributed by atoms with Gasteiger partial charge in [-0.25, -0.2) is 13.1 Å². The largest absolute Gasteiger partial charge is 0.490 e. The lowest BCUT2D eigenvalue weighted by atomic mass is 9.68. The lowest BCUT2D eigenvalue weighted by molar-refractivity contribution is -0.00180. The molecule has 0 aromatic heterocycles. The quantitative estimate of drug-likeness (QED) is 0.466. The number of rotatable bonds is 0. The Morgan fingerprint density at radius 2 is 1.93 bits per heavy atom. The summed E-state index contributed by atoms with van der Waals surface area (Å²) in [5.41, 5.74) is 3.44. The molecule has 2 fully saturated rings. The highest BCUT2D eigenvalue weighted by Crippen LogP contribution is 2.52. The van der Waals surface area contributed by atoms with Crippen molar-refractivity contribution in [1.29, 1.82) is 0 Å². The number of hydrogen-bond donors (Lipinski definition) is 2. The molecule has 7 rings (SSSR count). The van der Waals surface area contributed by atoms with Crippen LogP contribution < -0.4 is 14.4 Å². The molecule has 0 radical (unpaired) electrons. The first-order chi connectivity index (χ1) is 19.2. The molecule has 7 nitrogen and oxygen atoms in total. The average Bonchev–Trinajstić information content (AvgIpc) is 3.69. The molecule has 2 aromatic carbocycles. The molecule has 2 aliphatic heterocycles. The number of carbonyl (C=O) groups is 1. The van der Waals surface area contributed by atoms with Crippen LogP contribution >= 0.6 is 11.6 Å². The molecule has 0 unspecified atom stereocenters. The SMILES string of the molecule is O=C1NS(=O)(=O)CCC[C@H]2C[C@@H]2[C@H](O)[C@@H]2CC[C@H]2CN2C[C@@]3(CCCc4cc(Cl)ccc43)COc3ccc1cc32. The Labute approximate surface area is 241 Å². The number of aliphatic hydroxyl groups excluding tert-OH is 1. The van der Waals surface area contributed by atoms with Gasteiger partial charge in [0, 0.05) is 29.1 Å². The van der Waals surface area contributed by atoms with Crippen LogP contribution in [-0.4, -0.2) is 51.0 Å². The highest BCUT2D eigenvalue weighted by Gasteiger charge is 2.50. The number of aliphatic hydroxyl groups is 1. The van der Waals surface area contributed by atoms with Crippen molar-refractivity contribution in [2.24, 2.45) is 23.7 Å². The highest BCUT2D eigenvalue weighted by atomic mass is 35.5. The van der Waals surface area contributed by atoms with Crippen molar-refractivity contribution in [1.82, 2.24) is 4.72 Å². The topological polar surface area (TPSA) is 95.9 Å². The molecule has 2 heterocycles. The van der Waals surface area contributed by atoms with E-state index in [-0.39, 0.29) is 29.1 Å². The molecule has 1 amide bonds. The van der Waals surface area contributed by atoms with Gasteiger partial charge in [0.05, 0.1) is 24.2 Å². The van der Waals surface area contributed by atoms with Crippen LogP contribution in [0.1, 0.15) is 66.4 Å². The van der Waals surface area contributed by atoms with E-state index in [0.717, 1.165) is 68.7 Å². The van der Waals surface area contributed by atoms with Crippen molar-refractivity contribution in [3.05, 3.63) is 58.1 Å². The number of anilines is 1. The lowest BCUT2D eigenvalue weighted by Crippen LogP contribution is -2.50. The first-order valence-electron chi connectivity index (χ1n) is 14.7. The van der Waals surface area contributed by atoms with E-state index in [0.29, 0.717) is 36.2 Å². The fourth-order valence-electron chi connectivity index (χ4n) is 7.93. The van der Waals surface area contributed by atoms with E-state index in [9.17, 15) is 18.3 Å². The smallest absolute Gasteiger partial charge is 0.264 e. The van der Waals surface area contributed by atoms with Gasteiger partial charge >= 0.3 is 0 Å². The Hall–Kier alpha value is -2.29. The van der Waals surface area contributed by atoms with Crippen LogP contribution in [0.5, 0.6) is 5.75 Å². The third-order valence-corrected chi connectivity index (χ3v) is 11.9. The summed E-state index contributed by atoms with van der Waals surface area (Å²) in [7, 11) is -3.75. The molecule has 2 N–H and O–H groups in total. The minimum absolute atomic E-state index is 0.0871. The predicted molar refractivity (Wildman–Crippen MR) is 155 cm³/mol. The Morgan fingerprint density at radius 1 is 1.05 bits per heavy atom. The van der Waals surface area contributed by atoms with Crippen LogP contribution in [0.4, 0.5) is 5.69 Å². The third-order valence-electron chi connectivity index (χ3n) is 10.3. The zero-order chi connectivity index (χ0) is 27.6. The van der Waals surface area contributed by atoms with Gasteiger partial charge in [-0.05, 0) is 116 Å². The summed E-state index contributed by atoms with van der Waals surface area (Å²) >= 11 is 6.38. The normalized spacial score (nSPS) is 34.7. The van der Waals surface area contributed by atoms with Gasteiger partial charge in [0.1, 0.15) is 5.75 Å². The molecule has 2 aromatic rings. The van der Waals surface area contributed by atoms with Gasteiger partial charge in [-0.3, -0.25) is 4.79 Å². The fraction of sp³-hybridized carbons (Fsp3) is 0.581. The Balaban J connectivity index is 1.29. The number of fused-ring (bicyclic) bond motifs is 5. The number of ether oxygens (including phenoxy) is 1. The van der Waals surface area contributed by atoms with E-state index in [1.54, 1.807) is 18.2 Å². The maximum atomic E-state index is 13.1. The average molecular weight is 585 g/mol. The van der Waals surface area contributed by atoms with E-state index in [1.807, 2.05) is 6.07 Å². The van der Waals surface area contributed by atoms with E-state index < -0.39 is 15.9 Å². The van der Waals surface area contributed by atoms with Crippen LogP contribution in [-0.2, 0) is 21.9 Å². The number of sulfonamides is 1. The van der Waals surface area contributed by atoms with Gasteiger partial charge in [0.25, 0.3) is 5.91 Å². The molecule has 2 saturated carbocycles. The third kappa shape index (κ3) is 4.80. The van der Waals surface area contributed by atoms with Crippen LogP contribution in [0.25, 0.3) is 0 Å². The molecule has 9 heteroatoms. The second-order valence-electron chi connectivity index (χ2n) is 12.8. The molecule has 3 aliphatic carbocycles. The van der Waals surface area contributed by atoms with Gasteiger partial charge in [0.2, 0.25) is 10.0 Å². The maximum Gasteiger partial charge on any atom is 0.264 e. The minimum atomic E-state index is -3.75. The summed E-state index contributed by atoms with van der Waals surface area (Å²) in [6.45, 7) is 2.01. The van der Waals surface area contributed by atoms with E-state index >= 15 is 0 Å². The van der Waals surface area contributed by atoms with Gasteiger partial charge in [-0.15, -0.1) is 0 Å². The number of aryl methyl sites for hydroxylation is 1. The monoisotopic (exact) mass is 584 g/mol. The Kier molecular flexibility index (Phi) is 6.59. The molecule has 1 spiro atoms. The van der Waals surface area contributed by atoms with Crippen molar-refractivity contribution in [2.45, 2.75) is 62.9 Å². The second-order valence-corrected chi connectivity index (χ2v) is 15.1. The highest BCUT2D eigenvalue weighted by molar-refractivity contribution is 7.90. The Bertz CT molecular complexity index is 1450. The van der Waals surface area contributed by atoms with E-state index in [4.69, 9.17) is 16.3 Å². The van der Waals surface area contributed by atoms with Crippen molar-refractivity contribution in [3.8, 4) is 5.75 Å². The molecule has 6 atom stereocenters. The number of amides is 1. The number of carbonyl (C=O) groups excluding carboxylic acids is 1. The Morgan fingerprint density at radius 3 is 2.75 bits per heavy atom. The maximum absolute atomic E-state index is 13.1. The summed E-state index contributed by atoms with van der Waals surface area (Å²) in [6, 6.07) is 11.4.